The lowest BCUT2D eigenvalue weighted by atomic mass is 10.0. The van der Waals surface area contributed by atoms with Crippen molar-refractivity contribution in [1.29, 1.82) is 0 Å². The predicted octanol–water partition coefficient (Wildman–Crippen LogP) is 3.45. The van der Waals surface area contributed by atoms with Crippen molar-refractivity contribution in [2.24, 2.45) is 5.92 Å². The number of hydrogen-bond acceptors (Lipinski definition) is 19. The summed E-state index contributed by atoms with van der Waals surface area (Å²) in [6.07, 6.45) is -4.74. The van der Waals surface area contributed by atoms with Crippen LogP contribution in [-0.2, 0) is 52.5 Å². The molecule has 1 aromatic carbocycles. The third-order valence-electron chi connectivity index (χ3n) is 11.1. The first-order chi connectivity index (χ1) is 33.2. The summed E-state index contributed by atoms with van der Waals surface area (Å²) in [6, 6.07) is 5.51. The van der Waals surface area contributed by atoms with Gasteiger partial charge in [0.1, 0.15) is 68.4 Å². The standard InChI is InChI=1S/C40H52BF2N13O10P2S/c1-5-6-25(57)54-28(19(2)3)38(59)52-20(4)37(58)53-22-9-7-21(8-10-22)13-69-18-61-11-23-32(27(43)40(63-23)56-17-51-30-34(45)47-15-49-36(30)56)66-68(41)62-12-24-31(65-67-60)26(42)39(64-24)55-16-50-29-33(44)46-14-48-35(29)55/h7-10,14-17,19-20,23-24,26-28,31-32,39-40H,5-6,11-13,18,41H2,1-4H3,(H,52,59)(H,53,58)(H,54,57)(H2,44,46,48)(H2,45,47,49)/t20-,23+,24+,26+,27+,28?,31+,32+,39+,40+,68-/m0/s1. The van der Waals surface area contributed by atoms with Gasteiger partial charge in [-0.1, -0.05) is 32.9 Å². The van der Waals surface area contributed by atoms with Gasteiger partial charge in [-0.3, -0.25) is 28.0 Å². The molecule has 11 atom stereocenters. The number of rotatable bonds is 23. The van der Waals surface area contributed by atoms with Crippen LogP contribution in [0.3, 0.4) is 0 Å². The van der Waals surface area contributed by atoms with E-state index in [1.54, 1.807) is 26.6 Å². The summed E-state index contributed by atoms with van der Waals surface area (Å²) in [4.78, 5) is 62.7. The Hall–Kier alpha value is -5.11. The lowest BCUT2D eigenvalue weighted by molar-refractivity contribution is -0.131. The van der Waals surface area contributed by atoms with E-state index in [1.807, 2.05) is 32.9 Å². The number of ether oxygens (including phenoxy) is 3. The lowest BCUT2D eigenvalue weighted by Crippen LogP contribution is -2.53. The molecule has 0 spiro atoms. The van der Waals surface area contributed by atoms with E-state index < -0.39 is 90.1 Å². The predicted molar refractivity (Wildman–Crippen MR) is 252 cm³/mol. The molecule has 69 heavy (non-hydrogen) atoms. The molecule has 0 saturated carbocycles. The van der Waals surface area contributed by atoms with E-state index in [0.717, 1.165) is 5.56 Å². The van der Waals surface area contributed by atoms with Gasteiger partial charge >= 0.3 is 8.69 Å². The molecule has 7 rings (SSSR count). The molecule has 5 aromatic rings. The summed E-state index contributed by atoms with van der Waals surface area (Å²) in [5.74, 6) is -0.372. The molecule has 2 fully saturated rings. The van der Waals surface area contributed by atoms with Crippen LogP contribution in [0.15, 0.2) is 49.6 Å². The summed E-state index contributed by atoms with van der Waals surface area (Å²) in [7, 11) is -1.09. The van der Waals surface area contributed by atoms with Gasteiger partial charge in [-0.25, -0.2) is 43.2 Å². The van der Waals surface area contributed by atoms with Crippen molar-refractivity contribution < 1.29 is 55.5 Å². The van der Waals surface area contributed by atoms with Gasteiger partial charge in [0.2, 0.25) is 25.3 Å². The monoisotopic (exact) mass is 1020 g/mol. The molecule has 0 bridgehead atoms. The first kappa shape index (κ1) is 51.7. The van der Waals surface area contributed by atoms with E-state index in [1.165, 1.54) is 46.2 Å². The number of benzene rings is 1. The molecule has 1 unspecified atom stereocenters. The number of fused-ring (bicyclic) bond motifs is 2. The number of aromatic nitrogens is 8. The van der Waals surface area contributed by atoms with Gasteiger partial charge in [-0.05, 0) is 37.0 Å². The maximum absolute atomic E-state index is 16.6. The topological polar surface area (TPSA) is 299 Å². The van der Waals surface area contributed by atoms with Crippen LogP contribution in [0.4, 0.5) is 26.1 Å². The van der Waals surface area contributed by atoms with Gasteiger partial charge in [0.15, 0.2) is 47.7 Å². The quantitative estimate of drug-likeness (QED) is 0.0271. The van der Waals surface area contributed by atoms with E-state index in [2.05, 4.69) is 45.9 Å². The fourth-order valence-corrected chi connectivity index (χ4v) is 9.68. The molecule has 2 aliphatic heterocycles. The Morgan fingerprint density at radius 3 is 2.04 bits per heavy atom. The zero-order valence-electron chi connectivity index (χ0n) is 38.1. The second-order valence-corrected chi connectivity index (χ2v) is 19.1. The van der Waals surface area contributed by atoms with Gasteiger partial charge in [0, 0.05) is 17.9 Å². The Bertz CT molecular complexity index is 2580. The highest BCUT2D eigenvalue weighted by molar-refractivity contribution is 7.98. The van der Waals surface area contributed by atoms with Crippen molar-refractivity contribution in [3.05, 3.63) is 55.1 Å². The van der Waals surface area contributed by atoms with E-state index >= 15 is 8.78 Å². The Kier molecular flexibility index (Phi) is 17.7. The minimum absolute atomic E-state index is 0.0907. The van der Waals surface area contributed by atoms with Gasteiger partial charge in [-0.15, -0.1) is 11.8 Å². The largest absolute Gasteiger partial charge is 0.382 e. The summed E-state index contributed by atoms with van der Waals surface area (Å²) in [5.41, 5.74) is 14.3. The average Bonchev–Trinajstić information content (AvgIpc) is 4.10. The normalized spacial score (nSPS) is 23.9. The van der Waals surface area contributed by atoms with Gasteiger partial charge in [0.25, 0.3) is 0 Å². The minimum atomic E-state index is -1.89. The zero-order chi connectivity index (χ0) is 49.4. The third kappa shape index (κ3) is 12.3. The summed E-state index contributed by atoms with van der Waals surface area (Å²) in [5, 5.41) is 8.23. The Labute approximate surface area is 402 Å². The van der Waals surface area contributed by atoms with E-state index in [-0.39, 0.29) is 64.9 Å². The molecule has 2 aliphatic rings. The Balaban J connectivity index is 0.928. The zero-order valence-corrected chi connectivity index (χ0v) is 40.7. The van der Waals surface area contributed by atoms with Crippen molar-refractivity contribution in [3.63, 3.8) is 0 Å². The Morgan fingerprint density at radius 1 is 0.870 bits per heavy atom. The van der Waals surface area contributed by atoms with Crippen molar-refractivity contribution in [2.75, 3.05) is 35.9 Å². The number of halogens is 2. The molecule has 29 heteroatoms. The van der Waals surface area contributed by atoms with Crippen LogP contribution in [-0.4, -0.2) is 132 Å². The Morgan fingerprint density at radius 2 is 1.46 bits per heavy atom. The van der Waals surface area contributed by atoms with Crippen LogP contribution in [0, 0.1) is 5.92 Å². The second-order valence-electron chi connectivity index (χ2n) is 16.4. The van der Waals surface area contributed by atoms with Crippen LogP contribution >= 0.6 is 28.7 Å². The van der Waals surface area contributed by atoms with E-state index in [0.29, 0.717) is 24.3 Å². The number of nitrogens with zero attached hydrogens (tertiary/aromatic N) is 8. The SMILES string of the molecule is B[P@@](OC[C@H]1O[C@@H](n2cnc3c(N)ncnc32)[C@H](F)[C@@H]1OP=O)O[C@H]1[C@@H](F)[C@H](n2cnc3c(N)ncnc32)O[C@@H]1COCSCc1ccc(NC(=O)[C@H](C)NC(=O)C(NC(=O)CCC)C(C)C)cc1. The number of amides is 3. The van der Waals surface area contributed by atoms with Crippen molar-refractivity contribution in [1.82, 2.24) is 49.7 Å². The van der Waals surface area contributed by atoms with Crippen molar-refractivity contribution in [3.8, 4) is 0 Å². The number of alkyl halides is 2. The highest BCUT2D eigenvalue weighted by Gasteiger charge is 2.50. The van der Waals surface area contributed by atoms with E-state index in [4.69, 9.17) is 39.2 Å². The number of nitrogens with two attached hydrogens (primary N) is 2. The number of hydrogen-bond donors (Lipinski definition) is 5. The number of carbonyl (C=O) groups excluding carboxylic acids is 3. The number of nitrogen functional groups attached to an aromatic ring is 2. The van der Waals surface area contributed by atoms with Crippen LogP contribution in [0.5, 0.6) is 0 Å². The third-order valence-corrected chi connectivity index (χ3v) is 13.4. The smallest absolute Gasteiger partial charge is 0.327 e. The molecule has 3 amide bonds. The molecular weight excluding hydrogens is 965 g/mol. The molecule has 23 nitrogen and oxygen atoms in total. The number of nitrogens with one attached hydrogen (secondary N) is 3. The fourth-order valence-electron chi connectivity index (χ4n) is 7.59. The average molecular weight is 1020 g/mol. The lowest BCUT2D eigenvalue weighted by Gasteiger charge is -2.25. The number of anilines is 3. The van der Waals surface area contributed by atoms with E-state index in [9.17, 15) is 18.9 Å². The molecule has 4 aromatic heterocycles. The first-order valence-corrected chi connectivity index (χ1v) is 25.3. The molecule has 6 heterocycles. The van der Waals surface area contributed by atoms with Crippen molar-refractivity contribution in [2.45, 2.75) is 108 Å². The van der Waals surface area contributed by atoms with Crippen LogP contribution in [0.1, 0.15) is 58.6 Å². The summed E-state index contributed by atoms with van der Waals surface area (Å²) in [6.45, 7) is 6.69. The maximum atomic E-state index is 16.6. The molecule has 7 N–H and O–H groups in total. The highest BCUT2D eigenvalue weighted by atomic mass is 32.2. The maximum Gasteiger partial charge on any atom is 0.327 e. The first-order valence-electron chi connectivity index (χ1n) is 21.8. The van der Waals surface area contributed by atoms with Gasteiger partial charge in [-0.2, -0.15) is 0 Å². The minimum Gasteiger partial charge on any atom is -0.382 e. The number of imidazole rings is 2. The summed E-state index contributed by atoms with van der Waals surface area (Å²) < 4.78 is 82.3. The molecular formula is C40H52BF2N13O10P2S. The summed E-state index contributed by atoms with van der Waals surface area (Å²) >= 11 is 1.44. The van der Waals surface area contributed by atoms with Crippen molar-refractivity contribution >= 4 is 93.6 Å². The molecule has 370 valence electrons. The molecule has 0 aliphatic carbocycles. The molecule has 2 saturated heterocycles. The number of thioether (sulfide) groups is 1. The number of carbonyl (C=O) groups is 3. The fraction of sp³-hybridized carbons (Fsp3) is 0.525. The van der Waals surface area contributed by atoms with Crippen LogP contribution in [0.25, 0.3) is 22.3 Å². The van der Waals surface area contributed by atoms with Gasteiger partial charge in [0.05, 0.1) is 31.8 Å². The van der Waals surface area contributed by atoms with Crippen LogP contribution in [0.2, 0.25) is 0 Å². The highest BCUT2D eigenvalue weighted by Crippen LogP contribution is 2.45. The molecule has 0 radical (unpaired) electrons. The van der Waals surface area contributed by atoms with Crippen LogP contribution < -0.4 is 27.4 Å². The van der Waals surface area contributed by atoms with Gasteiger partial charge < -0.3 is 50.7 Å². The second kappa shape index (κ2) is 23.7.